The number of hydrogen-bond donors (Lipinski definition) is 1. The largest absolute Gasteiger partial charge is 0.315 e. The van der Waals surface area contributed by atoms with Gasteiger partial charge in [0, 0.05) is 19.2 Å². The van der Waals surface area contributed by atoms with Crippen LogP contribution in [-0.2, 0) is 20.0 Å². The molecule has 3 heteroatoms. The van der Waals surface area contributed by atoms with E-state index in [4.69, 9.17) is 0 Å². The molecule has 100 valence electrons. The maximum atomic E-state index is 12.2. The highest BCUT2D eigenvalue weighted by Crippen LogP contribution is 2.18. The molecule has 0 bridgehead atoms. The van der Waals surface area contributed by atoms with Gasteiger partial charge in [-0.05, 0) is 30.7 Å². The van der Waals surface area contributed by atoms with Crippen LogP contribution < -0.4 is 10.9 Å². The third kappa shape index (κ3) is 2.76. The summed E-state index contributed by atoms with van der Waals surface area (Å²) in [6, 6.07) is 12.3. The lowest BCUT2D eigenvalue weighted by Gasteiger charge is -2.11. The van der Waals surface area contributed by atoms with Crippen LogP contribution in [0, 0.1) is 0 Å². The molecular formula is C16H20N2O. The molecule has 1 aromatic heterocycles. The van der Waals surface area contributed by atoms with Gasteiger partial charge in [-0.1, -0.05) is 37.3 Å². The second-order valence-electron chi connectivity index (χ2n) is 4.69. The maximum Gasteiger partial charge on any atom is 0.255 e. The number of pyridine rings is 1. The monoisotopic (exact) mass is 256 g/mol. The summed E-state index contributed by atoms with van der Waals surface area (Å²) in [5.41, 5.74) is 4.19. The average molecular weight is 256 g/mol. The molecule has 1 aromatic carbocycles. The van der Waals surface area contributed by atoms with Crippen LogP contribution in [0.1, 0.15) is 18.1 Å². The Balaban J connectivity index is 2.45. The van der Waals surface area contributed by atoms with Crippen molar-refractivity contribution in [3.8, 4) is 11.3 Å². The molecule has 0 spiro atoms. The molecule has 0 atom stereocenters. The Morgan fingerprint density at radius 3 is 2.37 bits per heavy atom. The van der Waals surface area contributed by atoms with Crippen LogP contribution in [0.15, 0.2) is 41.2 Å². The minimum absolute atomic E-state index is 0.0615. The van der Waals surface area contributed by atoms with Crippen LogP contribution in [0.4, 0.5) is 0 Å². The van der Waals surface area contributed by atoms with E-state index in [0.717, 1.165) is 23.2 Å². The number of aryl methyl sites for hydroxylation is 1. The van der Waals surface area contributed by atoms with Crippen molar-refractivity contribution in [3.05, 3.63) is 57.9 Å². The third-order valence-electron chi connectivity index (χ3n) is 3.41. The Kier molecular flexibility index (Phi) is 4.17. The third-order valence-corrected chi connectivity index (χ3v) is 3.41. The Hall–Kier alpha value is -1.87. The maximum absolute atomic E-state index is 12.2. The molecule has 0 saturated heterocycles. The van der Waals surface area contributed by atoms with Crippen molar-refractivity contribution in [3.63, 3.8) is 0 Å². The number of rotatable bonds is 4. The van der Waals surface area contributed by atoms with Gasteiger partial charge in [-0.2, -0.15) is 0 Å². The van der Waals surface area contributed by atoms with Gasteiger partial charge in [0.05, 0.1) is 5.69 Å². The highest BCUT2D eigenvalue weighted by atomic mass is 16.1. The summed E-state index contributed by atoms with van der Waals surface area (Å²) in [5, 5.41) is 3.01. The number of nitrogens with one attached hydrogen (secondary N) is 1. The Labute approximate surface area is 113 Å². The normalized spacial score (nSPS) is 10.7. The second kappa shape index (κ2) is 5.85. The fourth-order valence-corrected chi connectivity index (χ4v) is 2.21. The molecule has 2 aromatic rings. The van der Waals surface area contributed by atoms with Gasteiger partial charge in [0.25, 0.3) is 5.56 Å². The number of hydrogen-bond acceptors (Lipinski definition) is 2. The van der Waals surface area contributed by atoms with Crippen molar-refractivity contribution in [2.24, 2.45) is 7.05 Å². The number of nitrogens with zero attached hydrogens (tertiary/aromatic N) is 1. The van der Waals surface area contributed by atoms with E-state index in [1.54, 1.807) is 4.57 Å². The molecule has 0 saturated carbocycles. The first-order valence-electron chi connectivity index (χ1n) is 6.60. The van der Waals surface area contributed by atoms with Crippen LogP contribution in [0.2, 0.25) is 0 Å². The molecule has 1 N–H and O–H groups in total. The van der Waals surface area contributed by atoms with Gasteiger partial charge in [-0.15, -0.1) is 0 Å². The zero-order valence-corrected chi connectivity index (χ0v) is 11.7. The molecule has 1 heterocycles. The van der Waals surface area contributed by atoms with Gasteiger partial charge in [-0.25, -0.2) is 0 Å². The first kappa shape index (κ1) is 13.6. The summed E-state index contributed by atoms with van der Waals surface area (Å²) in [6.45, 7) is 2.74. The molecule has 19 heavy (non-hydrogen) atoms. The first-order chi connectivity index (χ1) is 9.17. The van der Waals surface area contributed by atoms with Gasteiger partial charge < -0.3 is 9.88 Å². The van der Waals surface area contributed by atoms with Crippen LogP contribution in [-0.4, -0.2) is 11.6 Å². The van der Waals surface area contributed by atoms with E-state index in [9.17, 15) is 4.79 Å². The summed E-state index contributed by atoms with van der Waals surface area (Å²) in [5.74, 6) is 0. The summed E-state index contributed by atoms with van der Waals surface area (Å²) in [6.07, 6.45) is 1.03. The lowest BCUT2D eigenvalue weighted by atomic mass is 10.1. The molecule has 0 aliphatic heterocycles. The highest BCUT2D eigenvalue weighted by molar-refractivity contribution is 5.60. The summed E-state index contributed by atoms with van der Waals surface area (Å²) in [7, 11) is 3.67. The van der Waals surface area contributed by atoms with Gasteiger partial charge in [-0.3, -0.25) is 4.79 Å². The van der Waals surface area contributed by atoms with Crippen LogP contribution in [0.25, 0.3) is 11.3 Å². The fraction of sp³-hybridized carbons (Fsp3) is 0.312. The zero-order valence-electron chi connectivity index (χ0n) is 11.7. The van der Waals surface area contributed by atoms with E-state index in [0.29, 0.717) is 6.54 Å². The van der Waals surface area contributed by atoms with Gasteiger partial charge >= 0.3 is 0 Å². The lowest BCUT2D eigenvalue weighted by molar-refractivity contribution is 0.772. The Morgan fingerprint density at radius 1 is 1.11 bits per heavy atom. The molecule has 0 aliphatic carbocycles. The van der Waals surface area contributed by atoms with Crippen molar-refractivity contribution >= 4 is 0 Å². The van der Waals surface area contributed by atoms with Crippen molar-refractivity contribution in [2.75, 3.05) is 7.05 Å². The van der Waals surface area contributed by atoms with E-state index in [-0.39, 0.29) is 5.56 Å². The molecule has 0 amide bonds. The van der Waals surface area contributed by atoms with E-state index in [1.807, 2.05) is 26.2 Å². The minimum Gasteiger partial charge on any atom is -0.315 e. The molecule has 0 radical (unpaired) electrons. The number of aromatic nitrogens is 1. The van der Waals surface area contributed by atoms with E-state index in [2.05, 4.69) is 36.5 Å². The lowest BCUT2D eigenvalue weighted by Crippen LogP contribution is -2.25. The topological polar surface area (TPSA) is 34.0 Å². The molecular weight excluding hydrogens is 236 g/mol. The van der Waals surface area contributed by atoms with Crippen molar-refractivity contribution in [1.29, 1.82) is 0 Å². The summed E-state index contributed by atoms with van der Waals surface area (Å²) in [4.78, 5) is 12.2. The fourth-order valence-electron chi connectivity index (χ4n) is 2.21. The van der Waals surface area contributed by atoms with Crippen LogP contribution in [0.3, 0.4) is 0 Å². The molecule has 0 unspecified atom stereocenters. The van der Waals surface area contributed by atoms with E-state index < -0.39 is 0 Å². The smallest absolute Gasteiger partial charge is 0.255 e. The number of benzene rings is 1. The van der Waals surface area contributed by atoms with Crippen molar-refractivity contribution < 1.29 is 0 Å². The average Bonchev–Trinajstić information content (AvgIpc) is 2.45. The molecule has 0 aliphatic rings. The van der Waals surface area contributed by atoms with Crippen molar-refractivity contribution in [1.82, 2.24) is 9.88 Å². The summed E-state index contributed by atoms with van der Waals surface area (Å²) >= 11 is 0. The van der Waals surface area contributed by atoms with Crippen molar-refractivity contribution in [2.45, 2.75) is 19.9 Å². The minimum atomic E-state index is 0.0615. The van der Waals surface area contributed by atoms with E-state index >= 15 is 0 Å². The van der Waals surface area contributed by atoms with E-state index in [1.165, 1.54) is 5.56 Å². The molecule has 0 fully saturated rings. The second-order valence-corrected chi connectivity index (χ2v) is 4.69. The SMILES string of the molecule is CCc1ccc(-c2ccc(CNC)c(=O)n2C)cc1. The van der Waals surface area contributed by atoms with Gasteiger partial charge in [0.15, 0.2) is 0 Å². The van der Waals surface area contributed by atoms with Gasteiger partial charge in [0.2, 0.25) is 0 Å². The molecule has 2 rings (SSSR count). The zero-order chi connectivity index (χ0) is 13.8. The van der Waals surface area contributed by atoms with Crippen LogP contribution in [0.5, 0.6) is 0 Å². The molecule has 3 nitrogen and oxygen atoms in total. The standard InChI is InChI=1S/C16H20N2O/c1-4-12-5-7-13(8-6-12)15-10-9-14(11-17-2)16(19)18(15)3/h5-10,17H,4,11H2,1-3H3. The predicted molar refractivity (Wildman–Crippen MR) is 79.3 cm³/mol. The highest BCUT2D eigenvalue weighted by Gasteiger charge is 2.06. The Morgan fingerprint density at radius 2 is 1.79 bits per heavy atom. The first-order valence-corrected chi connectivity index (χ1v) is 6.60. The van der Waals surface area contributed by atoms with Crippen LogP contribution >= 0.6 is 0 Å². The quantitative estimate of drug-likeness (QED) is 0.911. The Bertz CT molecular complexity index is 612. The summed E-state index contributed by atoms with van der Waals surface area (Å²) < 4.78 is 1.72. The van der Waals surface area contributed by atoms with Gasteiger partial charge in [0.1, 0.15) is 0 Å². The predicted octanol–water partition coefficient (Wildman–Crippen LogP) is 2.33.